The lowest BCUT2D eigenvalue weighted by Gasteiger charge is -2.14. The van der Waals surface area contributed by atoms with Crippen LogP contribution < -0.4 is 10.6 Å². The number of halogens is 3. The Hall–Kier alpha value is -3.13. The number of benzene rings is 2. The Labute approximate surface area is 161 Å². The van der Waals surface area contributed by atoms with Gasteiger partial charge in [0.25, 0.3) is 0 Å². The fourth-order valence-corrected chi connectivity index (χ4v) is 2.50. The fourth-order valence-electron chi connectivity index (χ4n) is 2.50. The second-order valence-corrected chi connectivity index (χ2v) is 6.41. The van der Waals surface area contributed by atoms with Crippen molar-refractivity contribution in [2.75, 3.05) is 37.8 Å². The monoisotopic (exact) mass is 387 g/mol. The van der Waals surface area contributed by atoms with Crippen LogP contribution in [-0.2, 0) is 0 Å². The van der Waals surface area contributed by atoms with Gasteiger partial charge >= 0.3 is 0 Å². The minimum Gasteiger partial charge on any atom is -0.353 e. The van der Waals surface area contributed by atoms with E-state index in [1.54, 1.807) is 6.07 Å². The van der Waals surface area contributed by atoms with E-state index in [9.17, 15) is 13.2 Å². The van der Waals surface area contributed by atoms with E-state index in [0.717, 1.165) is 24.2 Å². The average molecular weight is 387 g/mol. The Morgan fingerprint density at radius 1 is 0.929 bits per heavy atom. The Morgan fingerprint density at radius 2 is 1.68 bits per heavy atom. The van der Waals surface area contributed by atoms with Crippen LogP contribution in [-0.4, -0.2) is 42.1 Å². The molecule has 1 heterocycles. The molecule has 5 nitrogen and oxygen atoms in total. The van der Waals surface area contributed by atoms with Gasteiger partial charge in [-0.3, -0.25) is 0 Å². The van der Waals surface area contributed by atoms with Gasteiger partial charge in [-0.1, -0.05) is 30.3 Å². The summed E-state index contributed by atoms with van der Waals surface area (Å²) in [6, 6.07) is 13.0. The maximum absolute atomic E-state index is 14.0. The van der Waals surface area contributed by atoms with E-state index in [-0.39, 0.29) is 11.5 Å². The summed E-state index contributed by atoms with van der Waals surface area (Å²) in [5.74, 6) is -3.49. The number of nitrogens with one attached hydrogen (secondary N) is 2. The predicted octanol–water partition coefficient (Wildman–Crippen LogP) is 4.28. The molecule has 0 aliphatic rings. The third kappa shape index (κ3) is 4.77. The van der Waals surface area contributed by atoms with Gasteiger partial charge in [0.2, 0.25) is 5.95 Å². The molecule has 3 rings (SSSR count). The van der Waals surface area contributed by atoms with Crippen LogP contribution in [0.4, 0.5) is 30.6 Å². The van der Waals surface area contributed by atoms with Crippen molar-refractivity contribution < 1.29 is 13.2 Å². The molecule has 8 heteroatoms. The van der Waals surface area contributed by atoms with Crippen molar-refractivity contribution in [1.29, 1.82) is 0 Å². The molecule has 0 saturated heterocycles. The topological polar surface area (TPSA) is 53.1 Å². The molecule has 0 aliphatic carbocycles. The van der Waals surface area contributed by atoms with Crippen LogP contribution in [0.25, 0.3) is 11.3 Å². The number of rotatable bonds is 7. The van der Waals surface area contributed by atoms with Gasteiger partial charge in [0.05, 0.1) is 11.4 Å². The van der Waals surface area contributed by atoms with Crippen molar-refractivity contribution >= 4 is 17.5 Å². The smallest absolute Gasteiger partial charge is 0.225 e. The molecule has 0 radical (unpaired) electrons. The van der Waals surface area contributed by atoms with Gasteiger partial charge in [0.15, 0.2) is 17.5 Å². The van der Waals surface area contributed by atoms with E-state index in [0.29, 0.717) is 18.2 Å². The Bertz CT molecular complexity index is 948. The normalized spacial score (nSPS) is 10.9. The van der Waals surface area contributed by atoms with E-state index in [4.69, 9.17) is 0 Å². The lowest BCUT2D eigenvalue weighted by atomic mass is 10.1. The molecule has 0 bridgehead atoms. The maximum Gasteiger partial charge on any atom is 0.225 e. The highest BCUT2D eigenvalue weighted by Gasteiger charge is 2.15. The van der Waals surface area contributed by atoms with Gasteiger partial charge < -0.3 is 15.5 Å². The second kappa shape index (κ2) is 8.71. The number of likely N-dealkylation sites (N-methyl/N-ethyl adjacent to an activating group) is 1. The van der Waals surface area contributed by atoms with E-state index < -0.39 is 17.5 Å². The highest BCUT2D eigenvalue weighted by atomic mass is 19.2. The van der Waals surface area contributed by atoms with Gasteiger partial charge in [-0.2, -0.15) is 4.98 Å². The summed E-state index contributed by atoms with van der Waals surface area (Å²) in [4.78, 5) is 10.8. The molecule has 2 aromatic carbocycles. The molecule has 0 atom stereocenters. The molecular formula is C20H20F3N5. The SMILES string of the molecule is CN(C)CCNc1nc(Nc2ccc(F)c(F)c2F)cc(-c2ccccc2)n1. The maximum atomic E-state index is 14.0. The van der Waals surface area contributed by atoms with Crippen molar-refractivity contribution in [3.63, 3.8) is 0 Å². The van der Waals surface area contributed by atoms with Crippen LogP contribution in [0, 0.1) is 17.5 Å². The van der Waals surface area contributed by atoms with Crippen molar-refractivity contribution in [3.8, 4) is 11.3 Å². The summed E-state index contributed by atoms with van der Waals surface area (Å²) in [6.07, 6.45) is 0. The first kappa shape index (κ1) is 19.6. The number of hydrogen-bond donors (Lipinski definition) is 2. The number of nitrogens with zero attached hydrogens (tertiary/aromatic N) is 3. The number of hydrogen-bond acceptors (Lipinski definition) is 5. The first-order chi connectivity index (χ1) is 13.4. The zero-order valence-electron chi connectivity index (χ0n) is 15.5. The van der Waals surface area contributed by atoms with Crippen molar-refractivity contribution in [2.24, 2.45) is 0 Å². The third-order valence-electron chi connectivity index (χ3n) is 3.94. The first-order valence-electron chi connectivity index (χ1n) is 8.67. The Kier molecular flexibility index (Phi) is 6.10. The Balaban J connectivity index is 1.94. The van der Waals surface area contributed by atoms with E-state index in [1.807, 2.05) is 49.3 Å². The molecule has 0 unspecified atom stereocenters. The minimum atomic E-state index is -1.54. The number of aromatic nitrogens is 2. The average Bonchev–Trinajstić information content (AvgIpc) is 2.69. The van der Waals surface area contributed by atoms with Crippen LogP contribution in [0.3, 0.4) is 0 Å². The van der Waals surface area contributed by atoms with Gasteiger partial charge in [-0.15, -0.1) is 0 Å². The molecule has 1 aromatic heterocycles. The summed E-state index contributed by atoms with van der Waals surface area (Å²) in [5, 5.41) is 5.82. The zero-order valence-corrected chi connectivity index (χ0v) is 15.5. The molecule has 0 aliphatic heterocycles. The molecule has 146 valence electrons. The molecule has 0 fully saturated rings. The number of anilines is 3. The summed E-state index contributed by atoms with van der Waals surface area (Å²) in [6.45, 7) is 1.36. The lowest BCUT2D eigenvalue weighted by Crippen LogP contribution is -2.21. The molecule has 0 spiro atoms. The van der Waals surface area contributed by atoms with Gasteiger partial charge in [-0.25, -0.2) is 18.2 Å². The molecule has 3 aromatic rings. The van der Waals surface area contributed by atoms with Crippen LogP contribution in [0.15, 0.2) is 48.5 Å². The van der Waals surface area contributed by atoms with E-state index in [2.05, 4.69) is 20.6 Å². The molecule has 28 heavy (non-hydrogen) atoms. The molecule has 0 amide bonds. The predicted molar refractivity (Wildman–Crippen MR) is 104 cm³/mol. The molecule has 0 saturated carbocycles. The quantitative estimate of drug-likeness (QED) is 0.593. The van der Waals surface area contributed by atoms with Gasteiger partial charge in [0.1, 0.15) is 5.82 Å². The van der Waals surface area contributed by atoms with Crippen LogP contribution >= 0.6 is 0 Å². The third-order valence-corrected chi connectivity index (χ3v) is 3.94. The highest BCUT2D eigenvalue weighted by Crippen LogP contribution is 2.26. The summed E-state index contributed by atoms with van der Waals surface area (Å²) in [5.41, 5.74) is 1.23. The van der Waals surface area contributed by atoms with E-state index >= 15 is 0 Å². The summed E-state index contributed by atoms with van der Waals surface area (Å²) >= 11 is 0. The van der Waals surface area contributed by atoms with Crippen LogP contribution in [0.2, 0.25) is 0 Å². The minimum absolute atomic E-state index is 0.212. The van der Waals surface area contributed by atoms with Gasteiger partial charge in [-0.05, 0) is 26.2 Å². The van der Waals surface area contributed by atoms with E-state index in [1.165, 1.54) is 0 Å². The largest absolute Gasteiger partial charge is 0.353 e. The second-order valence-electron chi connectivity index (χ2n) is 6.41. The highest BCUT2D eigenvalue weighted by molar-refractivity contribution is 5.67. The van der Waals surface area contributed by atoms with Crippen LogP contribution in [0.1, 0.15) is 0 Å². The van der Waals surface area contributed by atoms with Crippen molar-refractivity contribution in [2.45, 2.75) is 0 Å². The van der Waals surface area contributed by atoms with Crippen molar-refractivity contribution in [3.05, 3.63) is 66.0 Å². The lowest BCUT2D eigenvalue weighted by molar-refractivity contribution is 0.425. The summed E-state index contributed by atoms with van der Waals surface area (Å²) < 4.78 is 40.7. The summed E-state index contributed by atoms with van der Waals surface area (Å²) in [7, 11) is 3.89. The fraction of sp³-hybridized carbons (Fsp3) is 0.200. The van der Waals surface area contributed by atoms with Crippen molar-refractivity contribution in [1.82, 2.24) is 14.9 Å². The van der Waals surface area contributed by atoms with Gasteiger partial charge in [0, 0.05) is 24.7 Å². The molecule has 2 N–H and O–H groups in total. The van der Waals surface area contributed by atoms with Crippen LogP contribution in [0.5, 0.6) is 0 Å². The molecular weight excluding hydrogens is 367 g/mol. The Morgan fingerprint density at radius 3 is 2.39 bits per heavy atom. The first-order valence-corrected chi connectivity index (χ1v) is 8.67. The zero-order chi connectivity index (χ0) is 20.1. The standard InChI is InChI=1S/C20H20F3N5/c1-28(2)11-10-24-20-26-16(13-6-4-3-5-7-13)12-17(27-20)25-15-9-8-14(21)18(22)19(15)23/h3-9,12H,10-11H2,1-2H3,(H2,24,25,26,27).